The molecule has 0 atom stereocenters. The Balaban J connectivity index is 1.67. The summed E-state index contributed by atoms with van der Waals surface area (Å²) in [4.78, 5) is 1.42. The standard InChI is InChI=1S/C20H25N3O3/c1-3-4-5-6-7-12-26-16-9-11-19(20(24)14-16)23-21-17-10-8-15(25-2)13-18(17)22-23/h8-11,13-14,24H,3-7,12H2,1-2H3. The summed E-state index contributed by atoms with van der Waals surface area (Å²) >= 11 is 0. The van der Waals surface area contributed by atoms with E-state index >= 15 is 0 Å². The van der Waals surface area contributed by atoms with Crippen molar-refractivity contribution in [2.24, 2.45) is 0 Å². The molecule has 0 spiro atoms. The molecule has 0 amide bonds. The number of methoxy groups -OCH3 is 1. The van der Waals surface area contributed by atoms with Crippen LogP contribution >= 0.6 is 0 Å². The Labute approximate surface area is 153 Å². The van der Waals surface area contributed by atoms with E-state index in [1.54, 1.807) is 19.2 Å². The normalized spacial score (nSPS) is 11.0. The summed E-state index contributed by atoms with van der Waals surface area (Å²) in [6.07, 6.45) is 5.95. The molecular formula is C20H25N3O3. The Morgan fingerprint density at radius 3 is 2.46 bits per heavy atom. The summed E-state index contributed by atoms with van der Waals surface area (Å²) in [6, 6.07) is 10.7. The van der Waals surface area contributed by atoms with Crippen LogP contribution in [0.3, 0.4) is 0 Å². The number of phenolic OH excluding ortho intramolecular Hbond substituents is 1. The fourth-order valence-corrected chi connectivity index (χ4v) is 2.79. The maximum Gasteiger partial charge on any atom is 0.146 e. The minimum absolute atomic E-state index is 0.0840. The number of rotatable bonds is 9. The Morgan fingerprint density at radius 1 is 0.923 bits per heavy atom. The van der Waals surface area contributed by atoms with Crippen LogP contribution in [0.25, 0.3) is 16.7 Å². The summed E-state index contributed by atoms with van der Waals surface area (Å²) in [7, 11) is 1.61. The van der Waals surface area contributed by atoms with Crippen molar-refractivity contribution in [3.63, 3.8) is 0 Å². The molecule has 3 rings (SSSR count). The molecule has 0 radical (unpaired) electrons. The molecule has 0 fully saturated rings. The number of fused-ring (bicyclic) bond motifs is 1. The molecule has 0 bridgehead atoms. The molecule has 6 heteroatoms. The van der Waals surface area contributed by atoms with Crippen LogP contribution in [0.2, 0.25) is 0 Å². The zero-order valence-corrected chi connectivity index (χ0v) is 15.3. The summed E-state index contributed by atoms with van der Waals surface area (Å²) in [6.45, 7) is 2.86. The minimum atomic E-state index is 0.0840. The molecule has 6 nitrogen and oxygen atoms in total. The third-order valence-corrected chi connectivity index (χ3v) is 4.27. The number of benzene rings is 2. The van der Waals surface area contributed by atoms with Crippen LogP contribution in [0.5, 0.6) is 17.2 Å². The van der Waals surface area contributed by atoms with Gasteiger partial charge in [-0.15, -0.1) is 15.0 Å². The lowest BCUT2D eigenvalue weighted by Gasteiger charge is -2.08. The summed E-state index contributed by atoms with van der Waals surface area (Å²) in [5.74, 6) is 1.46. The van der Waals surface area contributed by atoms with Crippen LogP contribution in [-0.2, 0) is 0 Å². The third kappa shape index (κ3) is 4.25. The van der Waals surface area contributed by atoms with Gasteiger partial charge in [-0.05, 0) is 30.7 Å². The zero-order valence-electron chi connectivity index (χ0n) is 15.3. The maximum absolute atomic E-state index is 10.3. The van der Waals surface area contributed by atoms with E-state index in [9.17, 15) is 5.11 Å². The van der Waals surface area contributed by atoms with Gasteiger partial charge in [-0.1, -0.05) is 32.6 Å². The zero-order chi connectivity index (χ0) is 18.4. The molecule has 0 unspecified atom stereocenters. The van der Waals surface area contributed by atoms with Gasteiger partial charge in [0.05, 0.1) is 13.7 Å². The van der Waals surface area contributed by atoms with Crippen molar-refractivity contribution in [1.29, 1.82) is 0 Å². The average molecular weight is 355 g/mol. The van der Waals surface area contributed by atoms with Crippen molar-refractivity contribution in [2.75, 3.05) is 13.7 Å². The number of aromatic hydroxyl groups is 1. The third-order valence-electron chi connectivity index (χ3n) is 4.27. The second-order valence-electron chi connectivity index (χ2n) is 6.26. The van der Waals surface area contributed by atoms with Crippen molar-refractivity contribution in [3.05, 3.63) is 36.4 Å². The van der Waals surface area contributed by atoms with Gasteiger partial charge in [0.25, 0.3) is 0 Å². The van der Waals surface area contributed by atoms with E-state index in [0.29, 0.717) is 23.6 Å². The van der Waals surface area contributed by atoms with Crippen molar-refractivity contribution in [1.82, 2.24) is 15.0 Å². The number of nitrogens with zero attached hydrogens (tertiary/aromatic N) is 3. The molecule has 0 saturated carbocycles. The smallest absolute Gasteiger partial charge is 0.146 e. The van der Waals surface area contributed by atoms with Gasteiger partial charge in [-0.2, -0.15) is 0 Å². The van der Waals surface area contributed by atoms with E-state index in [0.717, 1.165) is 17.7 Å². The lowest BCUT2D eigenvalue weighted by molar-refractivity contribution is 0.303. The predicted molar refractivity (Wildman–Crippen MR) is 101 cm³/mol. The molecule has 1 heterocycles. The SMILES string of the molecule is CCCCCCCOc1ccc(-n2nc3ccc(OC)cc3n2)c(O)c1. The van der Waals surface area contributed by atoms with E-state index in [1.165, 1.54) is 30.5 Å². The van der Waals surface area contributed by atoms with Crippen molar-refractivity contribution < 1.29 is 14.6 Å². The van der Waals surface area contributed by atoms with Gasteiger partial charge in [0.15, 0.2) is 0 Å². The fourth-order valence-electron chi connectivity index (χ4n) is 2.79. The van der Waals surface area contributed by atoms with Crippen molar-refractivity contribution in [2.45, 2.75) is 39.0 Å². The first-order chi connectivity index (χ1) is 12.7. The monoisotopic (exact) mass is 355 g/mol. The van der Waals surface area contributed by atoms with Crippen molar-refractivity contribution in [3.8, 4) is 22.9 Å². The van der Waals surface area contributed by atoms with Crippen LogP contribution in [0.4, 0.5) is 0 Å². The van der Waals surface area contributed by atoms with Gasteiger partial charge in [0, 0.05) is 12.1 Å². The van der Waals surface area contributed by atoms with E-state index in [4.69, 9.17) is 9.47 Å². The molecule has 1 aromatic heterocycles. The van der Waals surface area contributed by atoms with Crippen molar-refractivity contribution >= 4 is 11.0 Å². The number of phenols is 1. The predicted octanol–water partition coefficient (Wildman–Crippen LogP) is 4.48. The van der Waals surface area contributed by atoms with Gasteiger partial charge in [-0.3, -0.25) is 0 Å². The van der Waals surface area contributed by atoms with Crippen LogP contribution < -0.4 is 9.47 Å². The minimum Gasteiger partial charge on any atom is -0.505 e. The molecule has 26 heavy (non-hydrogen) atoms. The first kappa shape index (κ1) is 18.0. The molecular weight excluding hydrogens is 330 g/mol. The maximum atomic E-state index is 10.3. The van der Waals surface area contributed by atoms with Crippen LogP contribution in [0, 0.1) is 0 Å². The molecule has 0 aliphatic heterocycles. The Bertz CT molecular complexity index is 861. The Kier molecular flexibility index (Phi) is 5.94. The molecule has 0 aliphatic carbocycles. The van der Waals surface area contributed by atoms with E-state index in [2.05, 4.69) is 17.1 Å². The van der Waals surface area contributed by atoms with Gasteiger partial charge in [0.2, 0.25) is 0 Å². The second kappa shape index (κ2) is 8.56. The lowest BCUT2D eigenvalue weighted by Crippen LogP contribution is -2.01. The molecule has 0 aliphatic rings. The lowest BCUT2D eigenvalue weighted by atomic mass is 10.2. The van der Waals surface area contributed by atoms with Gasteiger partial charge in [-0.25, -0.2) is 0 Å². The van der Waals surface area contributed by atoms with E-state index < -0.39 is 0 Å². The number of hydrogen-bond donors (Lipinski definition) is 1. The van der Waals surface area contributed by atoms with E-state index in [-0.39, 0.29) is 5.75 Å². The number of hydrogen-bond acceptors (Lipinski definition) is 5. The largest absolute Gasteiger partial charge is 0.505 e. The molecule has 3 aromatic rings. The highest BCUT2D eigenvalue weighted by atomic mass is 16.5. The fraction of sp³-hybridized carbons (Fsp3) is 0.400. The van der Waals surface area contributed by atoms with Gasteiger partial charge in [0.1, 0.15) is 34.0 Å². The Hall–Kier alpha value is -2.76. The molecule has 2 aromatic carbocycles. The Morgan fingerprint density at radius 2 is 1.69 bits per heavy atom. The van der Waals surface area contributed by atoms with Gasteiger partial charge >= 0.3 is 0 Å². The second-order valence-corrected chi connectivity index (χ2v) is 6.26. The number of ether oxygens (including phenoxy) is 2. The highest BCUT2D eigenvalue weighted by molar-refractivity contribution is 5.75. The quantitative estimate of drug-likeness (QED) is 0.573. The summed E-state index contributed by atoms with van der Waals surface area (Å²) < 4.78 is 10.9. The molecule has 138 valence electrons. The number of aromatic nitrogens is 3. The molecule has 0 saturated heterocycles. The van der Waals surface area contributed by atoms with E-state index in [1.807, 2.05) is 24.3 Å². The highest BCUT2D eigenvalue weighted by Gasteiger charge is 2.10. The average Bonchev–Trinajstić information content (AvgIpc) is 3.07. The topological polar surface area (TPSA) is 69.4 Å². The molecule has 1 N–H and O–H groups in total. The summed E-state index contributed by atoms with van der Waals surface area (Å²) in [5.41, 5.74) is 1.95. The van der Waals surface area contributed by atoms with Gasteiger partial charge < -0.3 is 14.6 Å². The van der Waals surface area contributed by atoms with Crippen LogP contribution in [-0.4, -0.2) is 33.8 Å². The highest BCUT2D eigenvalue weighted by Crippen LogP contribution is 2.27. The first-order valence-electron chi connectivity index (χ1n) is 9.08. The first-order valence-corrected chi connectivity index (χ1v) is 9.08. The number of unbranched alkanes of at least 4 members (excludes halogenated alkanes) is 4. The van der Waals surface area contributed by atoms with Crippen LogP contribution in [0.15, 0.2) is 36.4 Å². The summed E-state index contributed by atoms with van der Waals surface area (Å²) in [5, 5.41) is 19.2. The van der Waals surface area contributed by atoms with Crippen LogP contribution in [0.1, 0.15) is 39.0 Å².